The van der Waals surface area contributed by atoms with Gasteiger partial charge in [0.05, 0.1) is 13.1 Å². The summed E-state index contributed by atoms with van der Waals surface area (Å²) in [7, 11) is 0. The summed E-state index contributed by atoms with van der Waals surface area (Å²) in [4.78, 5) is 10.1. The molecular weight excluding hydrogens is 342 g/mol. The monoisotopic (exact) mass is 357 g/mol. The molecule has 1 aromatic heterocycles. The number of rotatable bonds is 3. The standard InChI is InChI=1S/C17H16BrN3O/c1-12-3-6-17(20-10-12)22-14-7-8-21(11-14)16-5-4-13(18)9-15(16)19-2/h3-6,9-10,14H,7-8,11H2,1H3/t14-/m0/s1. The van der Waals surface area contributed by atoms with Gasteiger partial charge in [-0.05, 0) is 30.7 Å². The van der Waals surface area contributed by atoms with E-state index in [2.05, 4.69) is 30.7 Å². The molecule has 0 radical (unpaired) electrons. The van der Waals surface area contributed by atoms with Crippen LogP contribution in [0, 0.1) is 13.5 Å². The smallest absolute Gasteiger partial charge is 0.213 e. The highest BCUT2D eigenvalue weighted by atomic mass is 79.9. The van der Waals surface area contributed by atoms with E-state index in [1.54, 1.807) is 0 Å². The molecule has 22 heavy (non-hydrogen) atoms. The van der Waals surface area contributed by atoms with E-state index < -0.39 is 0 Å². The van der Waals surface area contributed by atoms with Gasteiger partial charge in [-0.1, -0.05) is 22.0 Å². The largest absolute Gasteiger partial charge is 0.472 e. The first-order valence-corrected chi connectivity index (χ1v) is 7.96. The van der Waals surface area contributed by atoms with Gasteiger partial charge in [0.15, 0.2) is 0 Å². The van der Waals surface area contributed by atoms with Crippen molar-refractivity contribution in [2.75, 3.05) is 18.0 Å². The molecular formula is C17H16BrN3O. The maximum atomic E-state index is 7.33. The summed E-state index contributed by atoms with van der Waals surface area (Å²) in [5, 5.41) is 0. The lowest BCUT2D eigenvalue weighted by molar-refractivity contribution is 0.216. The van der Waals surface area contributed by atoms with Crippen LogP contribution < -0.4 is 9.64 Å². The van der Waals surface area contributed by atoms with E-state index in [4.69, 9.17) is 11.3 Å². The van der Waals surface area contributed by atoms with Crippen molar-refractivity contribution in [3.8, 4) is 5.88 Å². The van der Waals surface area contributed by atoms with Crippen molar-refractivity contribution in [2.45, 2.75) is 19.4 Å². The average molecular weight is 358 g/mol. The van der Waals surface area contributed by atoms with Crippen LogP contribution in [-0.2, 0) is 0 Å². The molecule has 0 bridgehead atoms. The Morgan fingerprint density at radius 2 is 2.23 bits per heavy atom. The number of benzene rings is 1. The van der Waals surface area contributed by atoms with E-state index in [1.165, 1.54) is 0 Å². The minimum absolute atomic E-state index is 0.109. The Morgan fingerprint density at radius 1 is 1.36 bits per heavy atom. The van der Waals surface area contributed by atoms with Crippen LogP contribution in [0.1, 0.15) is 12.0 Å². The Hall–Kier alpha value is -2.06. The van der Waals surface area contributed by atoms with Crippen LogP contribution in [0.5, 0.6) is 5.88 Å². The van der Waals surface area contributed by atoms with Gasteiger partial charge in [0.25, 0.3) is 0 Å². The number of nitrogens with zero attached hydrogens (tertiary/aromatic N) is 3. The lowest BCUT2D eigenvalue weighted by Crippen LogP contribution is -2.24. The second-order valence-electron chi connectivity index (χ2n) is 5.39. The molecule has 3 rings (SSSR count). The summed E-state index contributed by atoms with van der Waals surface area (Å²) in [5.41, 5.74) is 2.77. The Bertz CT molecular complexity index is 709. The fraction of sp³-hybridized carbons (Fsp3) is 0.294. The molecule has 1 saturated heterocycles. The van der Waals surface area contributed by atoms with Crippen molar-refractivity contribution in [3.05, 3.63) is 58.0 Å². The normalized spacial score (nSPS) is 17.3. The predicted molar refractivity (Wildman–Crippen MR) is 90.6 cm³/mol. The second-order valence-corrected chi connectivity index (χ2v) is 6.31. The minimum atomic E-state index is 0.109. The van der Waals surface area contributed by atoms with Gasteiger partial charge in [-0.3, -0.25) is 0 Å². The molecule has 112 valence electrons. The van der Waals surface area contributed by atoms with Crippen LogP contribution in [0.15, 0.2) is 41.0 Å². The van der Waals surface area contributed by atoms with Crippen LogP contribution in [0.2, 0.25) is 0 Å². The topological polar surface area (TPSA) is 29.7 Å². The number of aryl methyl sites for hydroxylation is 1. The fourth-order valence-corrected chi connectivity index (χ4v) is 2.94. The summed E-state index contributed by atoms with van der Waals surface area (Å²) >= 11 is 3.41. The second kappa shape index (κ2) is 6.37. The molecule has 2 heterocycles. The van der Waals surface area contributed by atoms with Crippen molar-refractivity contribution in [1.82, 2.24) is 4.98 Å². The lowest BCUT2D eigenvalue weighted by Gasteiger charge is -2.20. The van der Waals surface area contributed by atoms with Crippen LogP contribution in [0.4, 0.5) is 11.4 Å². The highest BCUT2D eigenvalue weighted by Crippen LogP contribution is 2.34. The van der Waals surface area contributed by atoms with E-state index in [1.807, 2.05) is 43.5 Å². The zero-order valence-electron chi connectivity index (χ0n) is 12.3. The van der Waals surface area contributed by atoms with E-state index in [0.29, 0.717) is 11.6 Å². The average Bonchev–Trinajstić information content (AvgIpc) is 2.97. The Kier molecular flexibility index (Phi) is 4.30. The van der Waals surface area contributed by atoms with Gasteiger partial charge in [-0.2, -0.15) is 0 Å². The Labute approximate surface area is 138 Å². The molecule has 4 nitrogen and oxygen atoms in total. The van der Waals surface area contributed by atoms with Crippen LogP contribution in [-0.4, -0.2) is 24.2 Å². The number of anilines is 1. The molecule has 2 aromatic rings. The number of hydrogen-bond donors (Lipinski definition) is 0. The van der Waals surface area contributed by atoms with Crippen molar-refractivity contribution >= 4 is 27.3 Å². The SMILES string of the molecule is [C-]#[N+]c1cc(Br)ccc1N1CC[C@H](Oc2ccc(C)cn2)C1. The first-order chi connectivity index (χ1) is 10.7. The first kappa shape index (κ1) is 14.9. The molecule has 1 aliphatic rings. The molecule has 0 saturated carbocycles. The molecule has 0 aliphatic carbocycles. The lowest BCUT2D eigenvalue weighted by atomic mass is 10.2. The summed E-state index contributed by atoms with van der Waals surface area (Å²) in [6, 6.07) is 9.73. The fourth-order valence-electron chi connectivity index (χ4n) is 2.59. The van der Waals surface area contributed by atoms with Crippen molar-refractivity contribution in [3.63, 3.8) is 0 Å². The maximum absolute atomic E-state index is 7.33. The number of halogens is 1. The Balaban J connectivity index is 1.70. The third-order valence-corrected chi connectivity index (χ3v) is 4.21. The number of ether oxygens (including phenoxy) is 1. The van der Waals surface area contributed by atoms with Gasteiger partial charge in [0.2, 0.25) is 11.6 Å². The third-order valence-electron chi connectivity index (χ3n) is 3.72. The molecule has 1 fully saturated rings. The summed E-state index contributed by atoms with van der Waals surface area (Å²) < 4.78 is 6.87. The van der Waals surface area contributed by atoms with Gasteiger partial charge in [0, 0.05) is 35.4 Å². The predicted octanol–water partition coefficient (Wildman–Crippen LogP) is 4.36. The van der Waals surface area contributed by atoms with Gasteiger partial charge >= 0.3 is 0 Å². The quantitative estimate of drug-likeness (QED) is 0.764. The van der Waals surface area contributed by atoms with Crippen LogP contribution in [0.3, 0.4) is 0 Å². The molecule has 5 heteroatoms. The number of pyridine rings is 1. The highest BCUT2D eigenvalue weighted by Gasteiger charge is 2.26. The number of hydrogen-bond acceptors (Lipinski definition) is 3. The molecule has 1 aromatic carbocycles. The molecule has 1 atom stereocenters. The van der Waals surface area contributed by atoms with Gasteiger partial charge < -0.3 is 9.64 Å². The van der Waals surface area contributed by atoms with Crippen LogP contribution in [0.25, 0.3) is 4.85 Å². The minimum Gasteiger partial charge on any atom is -0.472 e. The number of aromatic nitrogens is 1. The summed E-state index contributed by atoms with van der Waals surface area (Å²) in [6.45, 7) is 11.0. The summed E-state index contributed by atoms with van der Waals surface area (Å²) in [5.74, 6) is 0.665. The maximum Gasteiger partial charge on any atom is 0.213 e. The van der Waals surface area contributed by atoms with E-state index in [-0.39, 0.29) is 6.10 Å². The molecule has 0 N–H and O–H groups in total. The molecule has 0 unspecified atom stereocenters. The van der Waals surface area contributed by atoms with Gasteiger partial charge in [-0.25, -0.2) is 9.83 Å². The highest BCUT2D eigenvalue weighted by molar-refractivity contribution is 9.10. The van der Waals surface area contributed by atoms with E-state index in [0.717, 1.165) is 35.2 Å². The van der Waals surface area contributed by atoms with Crippen molar-refractivity contribution in [1.29, 1.82) is 0 Å². The van der Waals surface area contributed by atoms with Crippen molar-refractivity contribution in [2.24, 2.45) is 0 Å². The Morgan fingerprint density at radius 3 is 2.95 bits per heavy atom. The molecule has 0 amide bonds. The van der Waals surface area contributed by atoms with E-state index in [9.17, 15) is 0 Å². The zero-order valence-corrected chi connectivity index (χ0v) is 13.9. The van der Waals surface area contributed by atoms with Crippen molar-refractivity contribution < 1.29 is 4.74 Å². The van der Waals surface area contributed by atoms with E-state index >= 15 is 0 Å². The molecule has 0 spiro atoms. The third kappa shape index (κ3) is 3.23. The first-order valence-electron chi connectivity index (χ1n) is 7.17. The van der Waals surface area contributed by atoms with Gasteiger partial charge in [0.1, 0.15) is 6.10 Å². The van der Waals surface area contributed by atoms with Gasteiger partial charge in [-0.15, -0.1) is 0 Å². The van der Waals surface area contributed by atoms with Crippen LogP contribution >= 0.6 is 15.9 Å². The zero-order chi connectivity index (χ0) is 15.5. The molecule has 1 aliphatic heterocycles. The summed E-state index contributed by atoms with van der Waals surface area (Å²) in [6.07, 6.45) is 2.86.